The van der Waals surface area contributed by atoms with E-state index >= 15 is 0 Å². The highest BCUT2D eigenvalue weighted by Gasteiger charge is 2.08. The molecule has 1 aromatic heterocycles. The highest BCUT2D eigenvalue weighted by Crippen LogP contribution is 2.19. The van der Waals surface area contributed by atoms with E-state index in [9.17, 15) is 0 Å². The van der Waals surface area contributed by atoms with Crippen LogP contribution in [0, 0.1) is 0 Å². The fourth-order valence-corrected chi connectivity index (χ4v) is 1.31. The van der Waals surface area contributed by atoms with E-state index < -0.39 is 0 Å². The lowest BCUT2D eigenvalue weighted by atomic mass is 10.3. The van der Waals surface area contributed by atoms with E-state index in [4.69, 9.17) is 10.5 Å². The number of methoxy groups -OCH3 is 1. The van der Waals surface area contributed by atoms with Crippen LogP contribution in [0.15, 0.2) is 18.5 Å². The molecule has 0 radical (unpaired) electrons. The predicted molar refractivity (Wildman–Crippen MR) is 58.4 cm³/mol. The molecule has 78 valence electrons. The minimum absolute atomic E-state index is 0.188. The van der Waals surface area contributed by atoms with E-state index in [0.717, 1.165) is 12.2 Å². The van der Waals surface area contributed by atoms with Crippen LogP contribution in [0.1, 0.15) is 6.92 Å². The fraction of sp³-hybridized carbons (Fsp3) is 0.500. The molecule has 0 aromatic carbocycles. The number of likely N-dealkylation sites (N-methyl/N-ethyl adjacent to an activating group) is 1. The second-order valence-corrected chi connectivity index (χ2v) is 3.36. The molecule has 14 heavy (non-hydrogen) atoms. The van der Waals surface area contributed by atoms with Crippen LogP contribution >= 0.6 is 0 Å². The summed E-state index contributed by atoms with van der Waals surface area (Å²) < 4.78 is 5.18. The summed E-state index contributed by atoms with van der Waals surface area (Å²) in [6, 6.07) is 1.90. The van der Waals surface area contributed by atoms with Gasteiger partial charge in [0.2, 0.25) is 0 Å². The van der Waals surface area contributed by atoms with Crippen molar-refractivity contribution >= 4 is 11.4 Å². The van der Waals surface area contributed by atoms with Crippen molar-refractivity contribution in [3.8, 4) is 0 Å². The van der Waals surface area contributed by atoms with Crippen molar-refractivity contribution in [2.24, 2.45) is 0 Å². The summed E-state index contributed by atoms with van der Waals surface area (Å²) in [5, 5.41) is 0. The summed E-state index contributed by atoms with van der Waals surface area (Å²) in [5.41, 5.74) is 7.48. The van der Waals surface area contributed by atoms with Crippen molar-refractivity contribution in [1.82, 2.24) is 4.98 Å². The molecule has 1 rings (SSSR count). The summed E-state index contributed by atoms with van der Waals surface area (Å²) in [7, 11) is 3.69. The molecule has 1 heterocycles. The van der Waals surface area contributed by atoms with E-state index in [-0.39, 0.29) is 6.10 Å². The van der Waals surface area contributed by atoms with Crippen LogP contribution in [0.3, 0.4) is 0 Å². The van der Waals surface area contributed by atoms with E-state index in [1.165, 1.54) is 0 Å². The molecule has 0 aliphatic rings. The van der Waals surface area contributed by atoms with Crippen molar-refractivity contribution < 1.29 is 4.74 Å². The second-order valence-electron chi connectivity index (χ2n) is 3.36. The molecule has 0 bridgehead atoms. The molecule has 4 nitrogen and oxygen atoms in total. The van der Waals surface area contributed by atoms with Gasteiger partial charge in [-0.05, 0) is 13.0 Å². The number of ether oxygens (including phenoxy) is 1. The van der Waals surface area contributed by atoms with Gasteiger partial charge in [0.05, 0.1) is 23.7 Å². The van der Waals surface area contributed by atoms with E-state index in [2.05, 4.69) is 9.88 Å². The Hall–Kier alpha value is -1.29. The summed E-state index contributed by atoms with van der Waals surface area (Å²) >= 11 is 0. The number of pyridine rings is 1. The number of rotatable bonds is 4. The molecule has 0 amide bonds. The zero-order valence-electron chi connectivity index (χ0n) is 8.90. The van der Waals surface area contributed by atoms with Crippen molar-refractivity contribution in [2.75, 3.05) is 31.3 Å². The fourth-order valence-electron chi connectivity index (χ4n) is 1.31. The first-order chi connectivity index (χ1) is 6.65. The number of aromatic nitrogens is 1. The maximum absolute atomic E-state index is 5.79. The molecular weight excluding hydrogens is 178 g/mol. The number of nitrogen functional groups attached to an aromatic ring is 1. The van der Waals surface area contributed by atoms with Gasteiger partial charge < -0.3 is 15.4 Å². The standard InChI is InChI=1S/C10H17N3O/c1-8(14-3)7-13(2)10-4-5-12-6-9(10)11/h4-6,8H,7,11H2,1-3H3. The van der Waals surface area contributed by atoms with Crippen LogP contribution in [0.4, 0.5) is 11.4 Å². The second kappa shape index (κ2) is 4.81. The third-order valence-electron chi connectivity index (χ3n) is 2.17. The minimum atomic E-state index is 0.188. The van der Waals surface area contributed by atoms with Crippen LogP contribution in [-0.2, 0) is 4.74 Å². The number of hydrogen-bond acceptors (Lipinski definition) is 4. The largest absolute Gasteiger partial charge is 0.396 e. The van der Waals surface area contributed by atoms with Crippen LogP contribution in [0.25, 0.3) is 0 Å². The van der Waals surface area contributed by atoms with Crippen molar-refractivity contribution in [1.29, 1.82) is 0 Å². The quantitative estimate of drug-likeness (QED) is 0.782. The minimum Gasteiger partial charge on any atom is -0.396 e. The van der Waals surface area contributed by atoms with Crippen LogP contribution in [0.2, 0.25) is 0 Å². The summed E-state index contributed by atoms with van der Waals surface area (Å²) in [5.74, 6) is 0. The normalized spacial score (nSPS) is 12.5. The number of nitrogens with two attached hydrogens (primary N) is 1. The van der Waals surface area contributed by atoms with Gasteiger partial charge in [-0.15, -0.1) is 0 Å². The molecular formula is C10H17N3O. The van der Waals surface area contributed by atoms with Gasteiger partial charge in [-0.25, -0.2) is 0 Å². The van der Waals surface area contributed by atoms with Gasteiger partial charge in [0.1, 0.15) is 0 Å². The van der Waals surface area contributed by atoms with E-state index in [1.807, 2.05) is 20.0 Å². The number of nitrogens with zero attached hydrogens (tertiary/aromatic N) is 2. The topological polar surface area (TPSA) is 51.4 Å². The molecule has 1 unspecified atom stereocenters. The van der Waals surface area contributed by atoms with Crippen molar-refractivity contribution in [2.45, 2.75) is 13.0 Å². The Morgan fingerprint density at radius 3 is 2.93 bits per heavy atom. The molecule has 0 aliphatic heterocycles. The van der Waals surface area contributed by atoms with Crippen LogP contribution in [0.5, 0.6) is 0 Å². The molecule has 0 aliphatic carbocycles. The molecule has 0 fully saturated rings. The Morgan fingerprint density at radius 1 is 1.64 bits per heavy atom. The zero-order chi connectivity index (χ0) is 10.6. The Bertz CT molecular complexity index is 290. The highest BCUT2D eigenvalue weighted by molar-refractivity contribution is 5.65. The molecule has 4 heteroatoms. The molecule has 2 N–H and O–H groups in total. The Morgan fingerprint density at radius 2 is 2.36 bits per heavy atom. The average Bonchev–Trinajstić information content (AvgIpc) is 2.18. The van der Waals surface area contributed by atoms with Gasteiger partial charge >= 0.3 is 0 Å². The van der Waals surface area contributed by atoms with Gasteiger partial charge in [-0.3, -0.25) is 4.98 Å². The maximum Gasteiger partial charge on any atom is 0.0738 e. The van der Waals surface area contributed by atoms with Gasteiger partial charge in [-0.2, -0.15) is 0 Å². The zero-order valence-corrected chi connectivity index (χ0v) is 8.90. The van der Waals surface area contributed by atoms with Crippen LogP contribution in [-0.4, -0.2) is 31.8 Å². The smallest absolute Gasteiger partial charge is 0.0738 e. The average molecular weight is 195 g/mol. The van der Waals surface area contributed by atoms with Crippen molar-refractivity contribution in [3.63, 3.8) is 0 Å². The molecule has 0 spiro atoms. The van der Waals surface area contributed by atoms with Gasteiger partial charge in [0, 0.05) is 26.9 Å². The third-order valence-corrected chi connectivity index (χ3v) is 2.17. The molecule has 0 saturated carbocycles. The Kier molecular flexibility index (Phi) is 3.71. The molecule has 1 aromatic rings. The lowest BCUT2D eigenvalue weighted by molar-refractivity contribution is 0.124. The molecule has 0 saturated heterocycles. The highest BCUT2D eigenvalue weighted by atomic mass is 16.5. The van der Waals surface area contributed by atoms with Crippen molar-refractivity contribution in [3.05, 3.63) is 18.5 Å². The van der Waals surface area contributed by atoms with Gasteiger partial charge in [0.25, 0.3) is 0 Å². The summed E-state index contributed by atoms with van der Waals surface area (Å²) in [4.78, 5) is 6.00. The number of anilines is 2. The lowest BCUT2D eigenvalue weighted by Gasteiger charge is -2.23. The van der Waals surface area contributed by atoms with E-state index in [1.54, 1.807) is 19.5 Å². The molecule has 1 atom stereocenters. The first-order valence-electron chi connectivity index (χ1n) is 4.58. The van der Waals surface area contributed by atoms with Gasteiger partial charge in [-0.1, -0.05) is 0 Å². The summed E-state index contributed by atoms with van der Waals surface area (Å²) in [6.07, 6.45) is 3.58. The SMILES string of the molecule is COC(C)CN(C)c1ccncc1N. The lowest BCUT2D eigenvalue weighted by Crippen LogP contribution is -2.28. The first kappa shape index (κ1) is 10.8. The van der Waals surface area contributed by atoms with Crippen LogP contribution < -0.4 is 10.6 Å². The predicted octanol–water partition coefficient (Wildman–Crippen LogP) is 1.13. The monoisotopic (exact) mass is 195 g/mol. The Balaban J connectivity index is 2.69. The first-order valence-corrected chi connectivity index (χ1v) is 4.58. The van der Waals surface area contributed by atoms with E-state index in [0.29, 0.717) is 5.69 Å². The summed E-state index contributed by atoms with van der Waals surface area (Å²) in [6.45, 7) is 2.83. The third kappa shape index (κ3) is 2.60. The van der Waals surface area contributed by atoms with Gasteiger partial charge in [0.15, 0.2) is 0 Å². The number of hydrogen-bond donors (Lipinski definition) is 1. The Labute approximate surface area is 84.7 Å². The maximum atomic E-state index is 5.79.